The van der Waals surface area contributed by atoms with Crippen molar-refractivity contribution in [1.82, 2.24) is 5.48 Å². The van der Waals surface area contributed by atoms with E-state index in [1.54, 1.807) is 0 Å². The third-order valence-corrected chi connectivity index (χ3v) is 1.73. The number of benzene rings is 1. The average Bonchev–Trinajstić information content (AvgIpc) is 2.04. The molecular formula is C10H15NO. The summed E-state index contributed by atoms with van der Waals surface area (Å²) in [5, 5.41) is 0. The molecule has 66 valence electrons. The van der Waals surface area contributed by atoms with E-state index in [0.717, 1.165) is 23.4 Å². The van der Waals surface area contributed by atoms with Gasteiger partial charge in [0, 0.05) is 6.54 Å². The smallest absolute Gasteiger partial charge is 0.152 e. The Balaban J connectivity index is 2.81. The minimum atomic E-state index is 0.813. The fourth-order valence-corrected chi connectivity index (χ4v) is 1.10. The van der Waals surface area contributed by atoms with Crippen LogP contribution in [0.25, 0.3) is 0 Å². The molecule has 1 rings (SSSR count). The summed E-state index contributed by atoms with van der Waals surface area (Å²) in [5.41, 5.74) is 5.17. The minimum Gasteiger partial charge on any atom is -0.408 e. The molecule has 0 saturated carbocycles. The Morgan fingerprint density at radius 2 is 1.83 bits per heavy atom. The molecule has 0 saturated heterocycles. The molecule has 0 unspecified atom stereocenters. The highest BCUT2D eigenvalue weighted by Crippen LogP contribution is 2.20. The molecule has 2 nitrogen and oxygen atoms in total. The van der Waals surface area contributed by atoms with Crippen LogP contribution < -0.4 is 10.3 Å². The summed E-state index contributed by atoms with van der Waals surface area (Å²) in [5.74, 6) is 0.944. The van der Waals surface area contributed by atoms with Crippen molar-refractivity contribution >= 4 is 0 Å². The Labute approximate surface area is 73.5 Å². The van der Waals surface area contributed by atoms with Crippen LogP contribution in [0, 0.1) is 13.8 Å². The average molecular weight is 165 g/mol. The molecule has 0 heterocycles. The second kappa shape index (κ2) is 4.12. The number of aryl methyl sites for hydroxylation is 2. The molecule has 0 aromatic heterocycles. The molecule has 12 heavy (non-hydrogen) atoms. The largest absolute Gasteiger partial charge is 0.408 e. The molecule has 0 fully saturated rings. The second-order valence-corrected chi connectivity index (χ2v) is 2.82. The van der Waals surface area contributed by atoms with Crippen LogP contribution in [0.1, 0.15) is 18.1 Å². The summed E-state index contributed by atoms with van der Waals surface area (Å²) in [4.78, 5) is 5.37. The number of rotatable bonds is 3. The lowest BCUT2D eigenvalue weighted by atomic mass is 10.1. The summed E-state index contributed by atoms with van der Waals surface area (Å²) in [7, 11) is 0. The third-order valence-electron chi connectivity index (χ3n) is 1.73. The molecule has 2 heteroatoms. The van der Waals surface area contributed by atoms with E-state index in [1.165, 1.54) is 0 Å². The highest BCUT2D eigenvalue weighted by molar-refractivity contribution is 5.39. The van der Waals surface area contributed by atoms with E-state index in [9.17, 15) is 0 Å². The number of hydrogen-bond donors (Lipinski definition) is 1. The van der Waals surface area contributed by atoms with Crippen molar-refractivity contribution in [2.24, 2.45) is 0 Å². The van der Waals surface area contributed by atoms with Crippen LogP contribution in [0.2, 0.25) is 0 Å². The first kappa shape index (κ1) is 9.07. The lowest BCUT2D eigenvalue weighted by molar-refractivity contribution is 0.199. The molecule has 0 aliphatic carbocycles. The van der Waals surface area contributed by atoms with Gasteiger partial charge in [-0.2, -0.15) is 5.48 Å². The maximum Gasteiger partial charge on any atom is 0.152 e. The molecule has 0 aliphatic heterocycles. The number of para-hydroxylation sites is 1. The summed E-state index contributed by atoms with van der Waals surface area (Å²) in [6.45, 7) is 6.90. The maximum atomic E-state index is 5.37. The van der Waals surface area contributed by atoms with Gasteiger partial charge in [-0.3, -0.25) is 0 Å². The fraction of sp³-hybridized carbons (Fsp3) is 0.400. The Kier molecular flexibility index (Phi) is 3.11. The van der Waals surface area contributed by atoms with Crippen molar-refractivity contribution in [3.63, 3.8) is 0 Å². The molecule has 1 N–H and O–H groups in total. The van der Waals surface area contributed by atoms with Gasteiger partial charge in [0.1, 0.15) is 0 Å². The summed E-state index contributed by atoms with van der Waals surface area (Å²) >= 11 is 0. The Morgan fingerprint density at radius 3 is 2.33 bits per heavy atom. The number of hydrogen-bond acceptors (Lipinski definition) is 2. The van der Waals surface area contributed by atoms with Gasteiger partial charge in [0.05, 0.1) is 0 Å². The quantitative estimate of drug-likeness (QED) is 0.693. The van der Waals surface area contributed by atoms with Crippen LogP contribution in [-0.2, 0) is 0 Å². The van der Waals surface area contributed by atoms with Crippen LogP contribution in [0.15, 0.2) is 18.2 Å². The van der Waals surface area contributed by atoms with Crippen molar-refractivity contribution in [2.75, 3.05) is 6.54 Å². The summed E-state index contributed by atoms with van der Waals surface area (Å²) in [6.07, 6.45) is 0. The van der Waals surface area contributed by atoms with Gasteiger partial charge in [0.15, 0.2) is 5.75 Å². The van der Waals surface area contributed by atoms with Crippen molar-refractivity contribution in [3.05, 3.63) is 29.3 Å². The third kappa shape index (κ3) is 1.98. The normalized spacial score (nSPS) is 9.92. The zero-order chi connectivity index (χ0) is 8.97. The van der Waals surface area contributed by atoms with Gasteiger partial charge in [-0.25, -0.2) is 0 Å². The van der Waals surface area contributed by atoms with Gasteiger partial charge in [-0.15, -0.1) is 0 Å². The molecule has 0 spiro atoms. The Morgan fingerprint density at radius 1 is 1.25 bits per heavy atom. The fourth-order valence-electron chi connectivity index (χ4n) is 1.10. The molecule has 1 aromatic carbocycles. The highest BCUT2D eigenvalue weighted by Gasteiger charge is 2.01. The molecule has 0 aliphatic rings. The van der Waals surface area contributed by atoms with E-state index in [-0.39, 0.29) is 0 Å². The molecule has 0 atom stereocenters. The van der Waals surface area contributed by atoms with E-state index < -0.39 is 0 Å². The van der Waals surface area contributed by atoms with Crippen LogP contribution in [0.4, 0.5) is 0 Å². The molecular weight excluding hydrogens is 150 g/mol. The van der Waals surface area contributed by atoms with E-state index in [0.29, 0.717) is 0 Å². The van der Waals surface area contributed by atoms with E-state index in [4.69, 9.17) is 4.84 Å². The highest BCUT2D eigenvalue weighted by atomic mass is 16.6. The van der Waals surface area contributed by atoms with Gasteiger partial charge >= 0.3 is 0 Å². The molecule has 0 amide bonds. The van der Waals surface area contributed by atoms with Gasteiger partial charge in [-0.1, -0.05) is 18.2 Å². The predicted octanol–water partition coefficient (Wildman–Crippen LogP) is 2.21. The standard InChI is InChI=1S/C10H15NO/c1-4-11-12-10-8(2)6-5-7-9(10)3/h5-7,11H,4H2,1-3H3. The van der Waals surface area contributed by atoms with Crippen molar-refractivity contribution in [1.29, 1.82) is 0 Å². The monoisotopic (exact) mass is 165 g/mol. The molecule has 0 bridgehead atoms. The zero-order valence-corrected chi connectivity index (χ0v) is 7.85. The molecule has 1 aromatic rings. The predicted molar refractivity (Wildman–Crippen MR) is 50.2 cm³/mol. The van der Waals surface area contributed by atoms with Crippen LogP contribution in [0.5, 0.6) is 5.75 Å². The lowest BCUT2D eigenvalue weighted by Crippen LogP contribution is -2.18. The van der Waals surface area contributed by atoms with Crippen molar-refractivity contribution in [2.45, 2.75) is 20.8 Å². The lowest BCUT2D eigenvalue weighted by Gasteiger charge is -2.10. The first-order chi connectivity index (χ1) is 5.75. The topological polar surface area (TPSA) is 21.3 Å². The van der Waals surface area contributed by atoms with Gasteiger partial charge in [0.25, 0.3) is 0 Å². The van der Waals surface area contributed by atoms with Crippen molar-refractivity contribution in [3.8, 4) is 5.75 Å². The van der Waals surface area contributed by atoms with E-state index in [1.807, 2.05) is 39.0 Å². The van der Waals surface area contributed by atoms with Crippen LogP contribution in [0.3, 0.4) is 0 Å². The first-order valence-electron chi connectivity index (χ1n) is 4.21. The minimum absolute atomic E-state index is 0.813. The second-order valence-electron chi connectivity index (χ2n) is 2.82. The summed E-state index contributed by atoms with van der Waals surface area (Å²) in [6, 6.07) is 6.11. The Bertz CT molecular complexity index is 238. The number of nitrogens with one attached hydrogen (secondary N) is 1. The van der Waals surface area contributed by atoms with E-state index >= 15 is 0 Å². The summed E-state index contributed by atoms with van der Waals surface area (Å²) < 4.78 is 0. The maximum absolute atomic E-state index is 5.37. The first-order valence-corrected chi connectivity index (χ1v) is 4.21. The van der Waals surface area contributed by atoms with Crippen LogP contribution in [-0.4, -0.2) is 6.54 Å². The Hall–Kier alpha value is -1.02. The van der Waals surface area contributed by atoms with Gasteiger partial charge in [0.2, 0.25) is 0 Å². The van der Waals surface area contributed by atoms with Gasteiger partial charge < -0.3 is 4.84 Å². The van der Waals surface area contributed by atoms with Crippen LogP contribution >= 0.6 is 0 Å². The number of hydroxylamine groups is 1. The SMILES string of the molecule is CCNOc1c(C)cccc1C. The molecule has 0 radical (unpaired) electrons. The van der Waals surface area contributed by atoms with E-state index in [2.05, 4.69) is 5.48 Å². The van der Waals surface area contributed by atoms with Crippen molar-refractivity contribution < 1.29 is 4.84 Å². The zero-order valence-electron chi connectivity index (χ0n) is 7.85. The van der Waals surface area contributed by atoms with Gasteiger partial charge in [-0.05, 0) is 31.9 Å².